The zero-order chi connectivity index (χ0) is 10.1. The number of aryl methyl sites for hydroxylation is 1. The Morgan fingerprint density at radius 2 is 2.00 bits per heavy atom. The Bertz CT molecular complexity index is 310. The molecule has 2 atom stereocenters. The summed E-state index contributed by atoms with van der Waals surface area (Å²) in [7, 11) is 0. The zero-order valence-electron chi connectivity index (χ0n) is 8.35. The Balaban J connectivity index is 2.19. The van der Waals surface area contributed by atoms with Gasteiger partial charge in [0.2, 0.25) is 0 Å². The fourth-order valence-corrected chi connectivity index (χ4v) is 1.88. The van der Waals surface area contributed by atoms with Gasteiger partial charge in [0.15, 0.2) is 0 Å². The highest BCUT2D eigenvalue weighted by Gasteiger charge is 2.27. The largest absolute Gasteiger partial charge is 0.391 e. The first-order valence-electron chi connectivity index (χ1n) is 4.94. The van der Waals surface area contributed by atoms with Crippen LogP contribution in [0.5, 0.6) is 0 Å². The molecule has 0 aliphatic carbocycles. The van der Waals surface area contributed by atoms with Crippen molar-refractivity contribution in [3.05, 3.63) is 29.8 Å². The average molecular weight is 192 g/mol. The molecular weight excluding hydrogens is 176 g/mol. The van der Waals surface area contributed by atoms with Crippen LogP contribution in [-0.4, -0.2) is 23.9 Å². The zero-order valence-corrected chi connectivity index (χ0v) is 8.35. The van der Waals surface area contributed by atoms with Crippen LogP contribution in [0.2, 0.25) is 0 Å². The van der Waals surface area contributed by atoms with E-state index in [1.807, 2.05) is 17.0 Å². The number of rotatable bonds is 1. The molecule has 3 nitrogen and oxygen atoms in total. The van der Waals surface area contributed by atoms with E-state index >= 15 is 0 Å². The molecule has 0 saturated carbocycles. The molecule has 1 aromatic rings. The molecule has 3 heteroatoms. The summed E-state index contributed by atoms with van der Waals surface area (Å²) < 4.78 is 0. The Morgan fingerprint density at radius 1 is 1.36 bits per heavy atom. The van der Waals surface area contributed by atoms with Crippen LogP contribution in [0.3, 0.4) is 0 Å². The lowest BCUT2D eigenvalue weighted by Crippen LogP contribution is -2.36. The predicted molar refractivity (Wildman–Crippen MR) is 57.1 cm³/mol. The third-order valence-corrected chi connectivity index (χ3v) is 2.69. The van der Waals surface area contributed by atoms with Crippen molar-refractivity contribution >= 4 is 5.69 Å². The number of aliphatic hydroxyl groups excluding tert-OH is 1. The van der Waals surface area contributed by atoms with Gasteiger partial charge in [-0.25, -0.2) is 0 Å². The Hall–Kier alpha value is -1.06. The van der Waals surface area contributed by atoms with Crippen LogP contribution in [0.4, 0.5) is 5.69 Å². The number of nitrogens with zero attached hydrogens (tertiary/aromatic N) is 1. The van der Waals surface area contributed by atoms with Crippen molar-refractivity contribution in [3.8, 4) is 0 Å². The van der Waals surface area contributed by atoms with Crippen molar-refractivity contribution in [2.75, 3.05) is 11.4 Å². The minimum Gasteiger partial charge on any atom is -0.391 e. The lowest BCUT2D eigenvalue weighted by Gasteiger charge is -2.23. The molecule has 1 saturated heterocycles. The summed E-state index contributed by atoms with van der Waals surface area (Å²) in [6, 6.07) is 8.22. The number of anilines is 1. The normalized spacial score (nSPS) is 26.9. The fourth-order valence-electron chi connectivity index (χ4n) is 1.88. The summed E-state index contributed by atoms with van der Waals surface area (Å²) in [6.07, 6.45) is 0.326. The Labute approximate surface area is 84.1 Å². The third kappa shape index (κ3) is 1.74. The first-order chi connectivity index (χ1) is 6.66. The molecule has 2 unspecified atom stereocenters. The molecule has 0 aromatic heterocycles. The molecule has 76 valence electrons. The smallest absolute Gasteiger partial charge is 0.0797 e. The van der Waals surface area contributed by atoms with E-state index in [9.17, 15) is 5.11 Å². The van der Waals surface area contributed by atoms with Gasteiger partial charge in [-0.1, -0.05) is 17.7 Å². The van der Waals surface area contributed by atoms with Crippen LogP contribution >= 0.6 is 0 Å². The van der Waals surface area contributed by atoms with Gasteiger partial charge in [-0.3, -0.25) is 0 Å². The van der Waals surface area contributed by atoms with E-state index in [0.29, 0.717) is 13.0 Å². The molecule has 1 heterocycles. The molecule has 2 rings (SSSR count). The Morgan fingerprint density at radius 3 is 2.50 bits per heavy atom. The third-order valence-electron chi connectivity index (χ3n) is 2.69. The summed E-state index contributed by atoms with van der Waals surface area (Å²) >= 11 is 0. The molecule has 1 fully saturated rings. The number of β-amino-alcohol motifs (C(OH)–C–C–N with tert-alkyl or cyclic N) is 1. The van der Waals surface area contributed by atoms with Gasteiger partial charge < -0.3 is 15.7 Å². The van der Waals surface area contributed by atoms with Crippen LogP contribution in [0.15, 0.2) is 24.3 Å². The van der Waals surface area contributed by atoms with Gasteiger partial charge in [0.25, 0.3) is 0 Å². The van der Waals surface area contributed by atoms with Gasteiger partial charge in [0, 0.05) is 18.7 Å². The summed E-state index contributed by atoms with van der Waals surface area (Å²) in [4.78, 5) is 2.05. The molecule has 1 aromatic carbocycles. The van der Waals surface area contributed by atoms with Gasteiger partial charge in [0.05, 0.1) is 12.3 Å². The van der Waals surface area contributed by atoms with Gasteiger partial charge in [0.1, 0.15) is 0 Å². The van der Waals surface area contributed by atoms with E-state index in [1.165, 1.54) is 5.56 Å². The monoisotopic (exact) mass is 192 g/mol. The second kappa shape index (κ2) is 3.59. The van der Waals surface area contributed by atoms with E-state index in [-0.39, 0.29) is 12.3 Å². The van der Waals surface area contributed by atoms with Crippen LogP contribution in [-0.2, 0) is 0 Å². The van der Waals surface area contributed by atoms with Crippen molar-refractivity contribution in [1.29, 1.82) is 0 Å². The maximum absolute atomic E-state index is 9.46. The maximum atomic E-state index is 9.46. The van der Waals surface area contributed by atoms with Crippen LogP contribution in [0.1, 0.15) is 12.0 Å². The quantitative estimate of drug-likeness (QED) is 0.693. The van der Waals surface area contributed by atoms with Gasteiger partial charge in [-0.2, -0.15) is 0 Å². The minimum absolute atomic E-state index is 0.0484. The van der Waals surface area contributed by atoms with Crippen molar-refractivity contribution < 1.29 is 5.11 Å². The van der Waals surface area contributed by atoms with Crippen molar-refractivity contribution in [2.24, 2.45) is 5.73 Å². The number of aliphatic hydroxyl groups is 1. The first kappa shape index (κ1) is 9.49. The van der Waals surface area contributed by atoms with E-state index in [2.05, 4.69) is 19.1 Å². The molecule has 0 amide bonds. The maximum Gasteiger partial charge on any atom is 0.0797 e. The summed E-state index contributed by atoms with van der Waals surface area (Å²) in [6.45, 7) is 2.70. The highest BCUT2D eigenvalue weighted by Crippen LogP contribution is 2.23. The van der Waals surface area contributed by atoms with Crippen LogP contribution in [0.25, 0.3) is 0 Å². The van der Waals surface area contributed by atoms with Gasteiger partial charge in [-0.05, 0) is 19.1 Å². The predicted octanol–water partition coefficient (Wildman–Crippen LogP) is 0.851. The second-order valence-corrected chi connectivity index (χ2v) is 3.94. The van der Waals surface area contributed by atoms with E-state index in [4.69, 9.17) is 5.73 Å². The first-order valence-corrected chi connectivity index (χ1v) is 4.94. The van der Waals surface area contributed by atoms with Crippen molar-refractivity contribution in [2.45, 2.75) is 25.6 Å². The molecule has 0 radical (unpaired) electrons. The number of nitrogens with two attached hydrogens (primary N) is 1. The van der Waals surface area contributed by atoms with Crippen LogP contribution in [0, 0.1) is 6.92 Å². The molecular formula is C11H16N2O. The topological polar surface area (TPSA) is 49.5 Å². The summed E-state index contributed by atoms with van der Waals surface area (Å²) in [5.74, 6) is 0. The minimum atomic E-state index is -0.286. The molecule has 3 N–H and O–H groups in total. The standard InChI is InChI=1S/C11H16N2O/c1-8-2-4-9(5-3-8)13-7-10(14)6-11(13)12/h2-5,10-11,14H,6-7,12H2,1H3. The molecule has 14 heavy (non-hydrogen) atoms. The fraction of sp³-hybridized carbons (Fsp3) is 0.455. The highest BCUT2D eigenvalue weighted by atomic mass is 16.3. The summed E-state index contributed by atoms with van der Waals surface area (Å²) in [5.41, 5.74) is 8.24. The number of hydrogen-bond donors (Lipinski definition) is 2. The highest BCUT2D eigenvalue weighted by molar-refractivity contribution is 5.49. The molecule has 0 spiro atoms. The molecule has 1 aliphatic rings. The average Bonchev–Trinajstić information content (AvgIpc) is 2.47. The van der Waals surface area contributed by atoms with Crippen molar-refractivity contribution in [1.82, 2.24) is 0 Å². The lowest BCUT2D eigenvalue weighted by atomic mass is 10.2. The second-order valence-electron chi connectivity index (χ2n) is 3.94. The lowest BCUT2D eigenvalue weighted by molar-refractivity contribution is 0.194. The van der Waals surface area contributed by atoms with Gasteiger partial charge >= 0.3 is 0 Å². The molecule has 1 aliphatic heterocycles. The SMILES string of the molecule is Cc1ccc(N2CC(O)CC2N)cc1. The Kier molecular flexibility index (Phi) is 2.44. The summed E-state index contributed by atoms with van der Waals surface area (Å²) in [5, 5.41) is 9.46. The van der Waals surface area contributed by atoms with Crippen LogP contribution < -0.4 is 10.6 Å². The van der Waals surface area contributed by atoms with Crippen molar-refractivity contribution in [3.63, 3.8) is 0 Å². The number of benzene rings is 1. The van der Waals surface area contributed by atoms with Gasteiger partial charge in [-0.15, -0.1) is 0 Å². The molecule has 0 bridgehead atoms. The number of hydrogen-bond acceptors (Lipinski definition) is 3. The van der Waals surface area contributed by atoms with E-state index in [0.717, 1.165) is 5.69 Å². The van der Waals surface area contributed by atoms with E-state index in [1.54, 1.807) is 0 Å². The van der Waals surface area contributed by atoms with E-state index < -0.39 is 0 Å².